The number of rotatable bonds is 2. The molecule has 1 nitrogen and oxygen atoms in total. The number of fused-ring (bicyclic) bond motifs is 1. The molecule has 82 valence electrons. The number of para-hydroxylation sites is 1. The minimum Gasteiger partial charge on any atom is -0.256 e. The van der Waals surface area contributed by atoms with Crippen LogP contribution in [0.4, 0.5) is 0 Å². The lowest BCUT2D eigenvalue weighted by atomic mass is 10.00. The van der Waals surface area contributed by atoms with Gasteiger partial charge in [-0.3, -0.25) is 4.98 Å². The van der Waals surface area contributed by atoms with Gasteiger partial charge in [0.1, 0.15) is 0 Å². The highest BCUT2D eigenvalue weighted by Gasteiger charge is 2.40. The van der Waals surface area contributed by atoms with Crippen LogP contribution in [0.15, 0.2) is 36.5 Å². The molecule has 0 aliphatic heterocycles. The van der Waals surface area contributed by atoms with Gasteiger partial charge in [-0.2, -0.15) is 0 Å². The van der Waals surface area contributed by atoms with E-state index in [1.807, 2.05) is 6.20 Å². The first-order valence-electron chi connectivity index (χ1n) is 6.11. The van der Waals surface area contributed by atoms with Crippen LogP contribution in [0, 0.1) is 11.8 Å². The molecule has 0 bridgehead atoms. The summed E-state index contributed by atoms with van der Waals surface area (Å²) in [6, 6.07) is 10.7. The second-order valence-corrected chi connectivity index (χ2v) is 5.17. The van der Waals surface area contributed by atoms with Crippen molar-refractivity contribution in [2.45, 2.75) is 26.2 Å². The highest BCUT2D eigenvalue weighted by Crippen LogP contribution is 2.52. The summed E-state index contributed by atoms with van der Waals surface area (Å²) in [7, 11) is 0. The molecular weight excluding hydrogens is 194 g/mol. The van der Waals surface area contributed by atoms with E-state index in [0.29, 0.717) is 0 Å². The van der Waals surface area contributed by atoms with Crippen molar-refractivity contribution < 1.29 is 0 Å². The second kappa shape index (κ2) is 3.58. The van der Waals surface area contributed by atoms with Crippen molar-refractivity contribution in [1.29, 1.82) is 0 Å². The third-order valence-electron chi connectivity index (χ3n) is 3.78. The molecule has 0 spiro atoms. The third-order valence-corrected chi connectivity index (χ3v) is 3.78. The number of pyridine rings is 1. The summed E-state index contributed by atoms with van der Waals surface area (Å²) in [6.45, 7) is 4.65. The predicted molar refractivity (Wildman–Crippen MR) is 67.4 cm³/mol. The monoisotopic (exact) mass is 211 g/mol. The number of benzene rings is 1. The highest BCUT2D eigenvalue weighted by molar-refractivity contribution is 5.82. The molecule has 0 unspecified atom stereocenters. The van der Waals surface area contributed by atoms with Gasteiger partial charge in [0, 0.05) is 11.6 Å². The van der Waals surface area contributed by atoms with Crippen molar-refractivity contribution in [3.05, 3.63) is 42.1 Å². The van der Waals surface area contributed by atoms with Crippen LogP contribution in [0.25, 0.3) is 10.9 Å². The maximum atomic E-state index is 4.42. The Labute approximate surface area is 96.5 Å². The number of hydrogen-bond acceptors (Lipinski definition) is 1. The van der Waals surface area contributed by atoms with E-state index in [-0.39, 0.29) is 0 Å². The Morgan fingerprint density at radius 3 is 2.75 bits per heavy atom. The van der Waals surface area contributed by atoms with Crippen molar-refractivity contribution in [1.82, 2.24) is 4.98 Å². The van der Waals surface area contributed by atoms with E-state index in [1.54, 1.807) is 0 Å². The lowest BCUT2D eigenvalue weighted by Crippen LogP contribution is -1.93. The Bertz CT molecular complexity index is 510. The SMILES string of the molecule is CC(C)[C@H]1C[C@@H]1c1ccnc2ccccc12. The molecule has 0 saturated heterocycles. The molecule has 1 aliphatic rings. The van der Waals surface area contributed by atoms with Crippen molar-refractivity contribution >= 4 is 10.9 Å². The summed E-state index contributed by atoms with van der Waals surface area (Å²) in [5.41, 5.74) is 2.64. The van der Waals surface area contributed by atoms with Crippen molar-refractivity contribution in [3.63, 3.8) is 0 Å². The molecule has 16 heavy (non-hydrogen) atoms. The Balaban J connectivity index is 2.05. The zero-order valence-corrected chi connectivity index (χ0v) is 9.85. The fourth-order valence-corrected chi connectivity index (χ4v) is 2.75. The zero-order valence-electron chi connectivity index (χ0n) is 9.85. The lowest BCUT2D eigenvalue weighted by molar-refractivity contribution is 0.549. The van der Waals surface area contributed by atoms with Gasteiger partial charge in [-0.05, 0) is 41.9 Å². The Kier molecular flexibility index (Phi) is 2.20. The van der Waals surface area contributed by atoms with E-state index in [1.165, 1.54) is 17.4 Å². The van der Waals surface area contributed by atoms with Gasteiger partial charge in [0.2, 0.25) is 0 Å². The summed E-state index contributed by atoms with van der Waals surface area (Å²) in [4.78, 5) is 4.42. The predicted octanol–water partition coefficient (Wildman–Crippen LogP) is 3.99. The van der Waals surface area contributed by atoms with Crippen LogP contribution in [0.2, 0.25) is 0 Å². The smallest absolute Gasteiger partial charge is 0.0704 e. The Morgan fingerprint density at radius 1 is 1.19 bits per heavy atom. The van der Waals surface area contributed by atoms with Crippen LogP contribution >= 0.6 is 0 Å². The van der Waals surface area contributed by atoms with Gasteiger partial charge in [0.25, 0.3) is 0 Å². The van der Waals surface area contributed by atoms with E-state index in [0.717, 1.165) is 23.3 Å². The van der Waals surface area contributed by atoms with E-state index in [4.69, 9.17) is 0 Å². The van der Waals surface area contributed by atoms with Gasteiger partial charge in [-0.15, -0.1) is 0 Å². The fraction of sp³-hybridized carbons (Fsp3) is 0.400. The van der Waals surface area contributed by atoms with Crippen LogP contribution in [-0.4, -0.2) is 4.98 Å². The topological polar surface area (TPSA) is 12.9 Å². The third kappa shape index (κ3) is 1.51. The Hall–Kier alpha value is -1.37. The largest absolute Gasteiger partial charge is 0.256 e. The zero-order chi connectivity index (χ0) is 11.1. The highest BCUT2D eigenvalue weighted by atomic mass is 14.6. The van der Waals surface area contributed by atoms with E-state index in [9.17, 15) is 0 Å². The molecule has 0 radical (unpaired) electrons. The van der Waals surface area contributed by atoms with Crippen LogP contribution in [-0.2, 0) is 0 Å². The lowest BCUT2D eigenvalue weighted by Gasteiger charge is -2.07. The molecule has 0 N–H and O–H groups in total. The van der Waals surface area contributed by atoms with Crippen molar-refractivity contribution in [3.8, 4) is 0 Å². The first kappa shape index (κ1) is 9.83. The molecule has 1 aromatic heterocycles. The first-order chi connectivity index (χ1) is 7.77. The van der Waals surface area contributed by atoms with Crippen molar-refractivity contribution in [2.75, 3.05) is 0 Å². The van der Waals surface area contributed by atoms with E-state index >= 15 is 0 Å². The minimum atomic E-state index is 0.771. The van der Waals surface area contributed by atoms with Gasteiger partial charge in [0.05, 0.1) is 5.52 Å². The molecule has 1 heteroatoms. The molecule has 1 heterocycles. The molecular formula is C15H17N. The van der Waals surface area contributed by atoms with Gasteiger partial charge in [-0.1, -0.05) is 32.0 Å². The number of nitrogens with zero attached hydrogens (tertiary/aromatic N) is 1. The molecule has 1 fully saturated rings. The molecule has 0 amide bonds. The summed E-state index contributed by atoms with van der Waals surface area (Å²) >= 11 is 0. The normalized spacial score (nSPS) is 23.9. The molecule has 3 rings (SSSR count). The molecule has 1 saturated carbocycles. The maximum Gasteiger partial charge on any atom is 0.0704 e. The van der Waals surface area contributed by atoms with Gasteiger partial charge >= 0.3 is 0 Å². The molecule has 1 aliphatic carbocycles. The quantitative estimate of drug-likeness (QED) is 0.731. The Morgan fingerprint density at radius 2 is 2.00 bits per heavy atom. The van der Waals surface area contributed by atoms with Crippen LogP contribution < -0.4 is 0 Å². The van der Waals surface area contributed by atoms with Gasteiger partial charge in [-0.25, -0.2) is 0 Å². The van der Waals surface area contributed by atoms with Crippen LogP contribution in [0.5, 0.6) is 0 Å². The number of aromatic nitrogens is 1. The molecule has 2 atom stereocenters. The van der Waals surface area contributed by atoms with Gasteiger partial charge < -0.3 is 0 Å². The summed E-state index contributed by atoms with van der Waals surface area (Å²) in [6.07, 6.45) is 3.30. The second-order valence-electron chi connectivity index (χ2n) is 5.17. The van der Waals surface area contributed by atoms with Crippen molar-refractivity contribution in [2.24, 2.45) is 11.8 Å². The van der Waals surface area contributed by atoms with Crippen LogP contribution in [0.3, 0.4) is 0 Å². The molecule has 2 aromatic rings. The average Bonchev–Trinajstić information content (AvgIpc) is 3.08. The fourth-order valence-electron chi connectivity index (χ4n) is 2.75. The average molecular weight is 211 g/mol. The van der Waals surface area contributed by atoms with Gasteiger partial charge in [0.15, 0.2) is 0 Å². The summed E-state index contributed by atoms with van der Waals surface area (Å²) < 4.78 is 0. The van der Waals surface area contributed by atoms with Crippen LogP contribution in [0.1, 0.15) is 31.7 Å². The first-order valence-corrected chi connectivity index (χ1v) is 6.11. The summed E-state index contributed by atoms with van der Waals surface area (Å²) in [5.74, 6) is 2.45. The number of hydrogen-bond donors (Lipinski definition) is 0. The summed E-state index contributed by atoms with van der Waals surface area (Å²) in [5, 5.41) is 1.35. The standard InChI is InChI=1S/C15H17N/c1-10(2)13-9-14(13)11-7-8-16-15-6-4-3-5-12(11)15/h3-8,10,13-14H,9H2,1-2H3/t13-,14-/m1/s1. The maximum absolute atomic E-state index is 4.42. The van der Waals surface area contributed by atoms with E-state index in [2.05, 4.69) is 49.2 Å². The molecule has 1 aromatic carbocycles. The van der Waals surface area contributed by atoms with E-state index < -0.39 is 0 Å². The minimum absolute atomic E-state index is 0.771.